The van der Waals surface area contributed by atoms with Crippen molar-refractivity contribution in [1.82, 2.24) is 25.2 Å². The van der Waals surface area contributed by atoms with Gasteiger partial charge in [-0.2, -0.15) is 0 Å². The number of likely N-dealkylation sites (N-methyl/N-ethyl adjacent to an activating group) is 1. The Bertz CT molecular complexity index is 1730. The van der Waals surface area contributed by atoms with E-state index in [0.717, 1.165) is 66.9 Å². The Balaban J connectivity index is 1.10. The molecule has 1 aliphatic heterocycles. The quantitative estimate of drug-likeness (QED) is 0.209. The van der Waals surface area contributed by atoms with E-state index in [2.05, 4.69) is 32.6 Å². The predicted molar refractivity (Wildman–Crippen MR) is 188 cm³/mol. The third kappa shape index (κ3) is 8.02. The first-order valence-electron chi connectivity index (χ1n) is 16.7. The van der Waals surface area contributed by atoms with Crippen molar-refractivity contribution in [2.75, 3.05) is 18.9 Å². The SMILES string of the molecule is CN1CCCC12CC2OC(=O)NC1CCC(c2ncc(-c3ccc(NC(=O)NCc4ccccc4)cc3S(=O)(=O)NC(C)(C)C)s2)CC1. The molecule has 2 unspecified atom stereocenters. The lowest BCUT2D eigenvalue weighted by Crippen LogP contribution is -2.40. The maximum atomic E-state index is 13.7. The topological polar surface area (TPSA) is 142 Å². The Labute approximate surface area is 287 Å². The van der Waals surface area contributed by atoms with Gasteiger partial charge in [0, 0.05) is 47.9 Å². The number of anilines is 1. The summed E-state index contributed by atoms with van der Waals surface area (Å²) >= 11 is 1.49. The molecular weight excluding hydrogens is 649 g/mol. The van der Waals surface area contributed by atoms with Crippen LogP contribution in [0.3, 0.4) is 0 Å². The summed E-state index contributed by atoms with van der Waals surface area (Å²) in [6.45, 7) is 6.76. The number of nitrogens with zero attached hydrogens (tertiary/aromatic N) is 2. The minimum atomic E-state index is -3.96. The van der Waals surface area contributed by atoms with Crippen LogP contribution >= 0.6 is 11.3 Å². The first-order valence-corrected chi connectivity index (χ1v) is 19.0. The van der Waals surface area contributed by atoms with Crippen molar-refractivity contribution in [2.24, 2.45) is 0 Å². The van der Waals surface area contributed by atoms with Crippen LogP contribution in [-0.2, 0) is 21.3 Å². The highest BCUT2D eigenvalue weighted by atomic mass is 32.2. The summed E-state index contributed by atoms with van der Waals surface area (Å²) in [5.74, 6) is 0.221. The molecule has 2 atom stereocenters. The van der Waals surface area contributed by atoms with E-state index in [0.29, 0.717) is 17.8 Å². The van der Waals surface area contributed by atoms with E-state index in [1.54, 1.807) is 39.1 Å². The Morgan fingerprint density at radius 2 is 1.83 bits per heavy atom. The van der Waals surface area contributed by atoms with Crippen LogP contribution in [0.1, 0.15) is 82.2 Å². The highest BCUT2D eigenvalue weighted by Gasteiger charge is 2.61. The van der Waals surface area contributed by atoms with Crippen molar-refractivity contribution in [3.05, 3.63) is 65.3 Å². The summed E-state index contributed by atoms with van der Waals surface area (Å²) in [6, 6.07) is 14.1. The number of hydrogen-bond donors (Lipinski definition) is 4. The second-order valence-corrected chi connectivity index (χ2v) is 17.1. The Morgan fingerprint density at radius 3 is 2.52 bits per heavy atom. The molecule has 3 aliphatic rings. The fourth-order valence-electron chi connectivity index (χ4n) is 6.97. The predicted octanol–water partition coefficient (Wildman–Crippen LogP) is 6.20. The average Bonchev–Trinajstić information content (AvgIpc) is 3.31. The van der Waals surface area contributed by atoms with Gasteiger partial charge in [-0.25, -0.2) is 27.7 Å². The normalized spacial score (nSPS) is 24.3. The van der Waals surface area contributed by atoms with Crippen LogP contribution in [0.15, 0.2) is 59.6 Å². The number of amides is 3. The molecule has 0 bridgehead atoms. The molecule has 258 valence electrons. The zero-order valence-corrected chi connectivity index (χ0v) is 29.7. The van der Waals surface area contributed by atoms with Gasteiger partial charge in [0.25, 0.3) is 0 Å². The van der Waals surface area contributed by atoms with Crippen molar-refractivity contribution < 1.29 is 22.7 Å². The molecule has 48 heavy (non-hydrogen) atoms. The number of urea groups is 1. The smallest absolute Gasteiger partial charge is 0.407 e. The number of ether oxygens (including phenoxy) is 1. The fourth-order valence-corrected chi connectivity index (χ4v) is 9.82. The van der Waals surface area contributed by atoms with Gasteiger partial charge in [-0.3, -0.25) is 4.90 Å². The lowest BCUT2D eigenvalue weighted by molar-refractivity contribution is 0.106. The van der Waals surface area contributed by atoms with Gasteiger partial charge in [-0.05, 0) is 90.6 Å². The van der Waals surface area contributed by atoms with Gasteiger partial charge in [0.1, 0.15) is 6.10 Å². The zero-order chi connectivity index (χ0) is 34.1. The molecule has 1 aromatic heterocycles. The molecule has 11 nitrogen and oxygen atoms in total. The number of nitrogens with one attached hydrogen (secondary N) is 4. The van der Waals surface area contributed by atoms with Crippen LogP contribution < -0.4 is 20.7 Å². The molecule has 13 heteroatoms. The van der Waals surface area contributed by atoms with E-state index < -0.39 is 21.6 Å². The number of benzene rings is 2. The third-order valence-electron chi connectivity index (χ3n) is 9.54. The summed E-state index contributed by atoms with van der Waals surface area (Å²) in [5, 5.41) is 9.62. The highest BCUT2D eigenvalue weighted by Crippen LogP contribution is 2.51. The summed E-state index contributed by atoms with van der Waals surface area (Å²) in [4.78, 5) is 33.2. The van der Waals surface area contributed by atoms with E-state index in [1.165, 1.54) is 17.4 Å². The molecule has 1 spiro atoms. The van der Waals surface area contributed by atoms with Crippen LogP contribution in [0.5, 0.6) is 0 Å². The molecule has 4 N–H and O–H groups in total. The lowest BCUT2D eigenvalue weighted by atomic mass is 9.86. The lowest BCUT2D eigenvalue weighted by Gasteiger charge is -2.28. The molecule has 0 radical (unpaired) electrons. The van der Waals surface area contributed by atoms with E-state index in [9.17, 15) is 18.0 Å². The van der Waals surface area contributed by atoms with Crippen LogP contribution in [0.25, 0.3) is 10.4 Å². The minimum absolute atomic E-state index is 0.0102. The van der Waals surface area contributed by atoms with Crippen molar-refractivity contribution >= 4 is 39.2 Å². The monoisotopic (exact) mass is 694 g/mol. The van der Waals surface area contributed by atoms with Gasteiger partial charge in [-0.15, -0.1) is 11.3 Å². The fraction of sp³-hybridized carbons (Fsp3) is 0.514. The Hall–Kier alpha value is -3.52. The van der Waals surface area contributed by atoms with Gasteiger partial charge >= 0.3 is 12.1 Å². The van der Waals surface area contributed by atoms with Crippen molar-refractivity contribution in [2.45, 2.75) is 106 Å². The molecule has 1 saturated heterocycles. The Morgan fingerprint density at radius 1 is 1.08 bits per heavy atom. The number of hydrogen-bond acceptors (Lipinski definition) is 8. The maximum Gasteiger partial charge on any atom is 0.407 e. The summed E-state index contributed by atoms with van der Waals surface area (Å²) in [5.41, 5.74) is 1.19. The average molecular weight is 695 g/mol. The summed E-state index contributed by atoms with van der Waals surface area (Å²) in [7, 11) is -1.84. The summed E-state index contributed by atoms with van der Waals surface area (Å²) in [6.07, 6.45) is 7.96. The highest BCUT2D eigenvalue weighted by molar-refractivity contribution is 7.89. The van der Waals surface area contributed by atoms with E-state index in [4.69, 9.17) is 9.72 Å². The largest absolute Gasteiger partial charge is 0.444 e. The molecule has 2 saturated carbocycles. The van der Waals surface area contributed by atoms with Crippen LogP contribution in [0, 0.1) is 0 Å². The van der Waals surface area contributed by atoms with Crippen LogP contribution in [-0.4, -0.2) is 67.2 Å². The minimum Gasteiger partial charge on any atom is -0.444 e. The molecule has 3 aromatic rings. The van der Waals surface area contributed by atoms with Crippen molar-refractivity contribution in [3.63, 3.8) is 0 Å². The number of aromatic nitrogens is 1. The molecule has 2 heterocycles. The van der Waals surface area contributed by atoms with E-state index >= 15 is 0 Å². The Kier molecular flexibility index (Phi) is 9.85. The van der Waals surface area contributed by atoms with Crippen molar-refractivity contribution in [1.29, 1.82) is 0 Å². The zero-order valence-electron chi connectivity index (χ0n) is 28.0. The first kappa shape index (κ1) is 34.3. The second-order valence-electron chi connectivity index (χ2n) is 14.3. The first-order chi connectivity index (χ1) is 22.8. The van der Waals surface area contributed by atoms with Gasteiger partial charge in [0.05, 0.1) is 20.3 Å². The number of rotatable bonds is 9. The van der Waals surface area contributed by atoms with Crippen molar-refractivity contribution in [3.8, 4) is 10.4 Å². The van der Waals surface area contributed by atoms with Gasteiger partial charge in [0.15, 0.2) is 0 Å². The molecule has 2 aromatic carbocycles. The van der Waals surface area contributed by atoms with Gasteiger partial charge in [-0.1, -0.05) is 36.4 Å². The number of thiazole rings is 1. The second kappa shape index (κ2) is 13.8. The molecule has 3 fully saturated rings. The molecule has 3 amide bonds. The number of likely N-dealkylation sites (tertiary alicyclic amines) is 1. The number of carbonyl (C=O) groups is 2. The molecule has 6 rings (SSSR count). The number of alkyl carbamates (subject to hydrolysis) is 1. The summed E-state index contributed by atoms with van der Waals surface area (Å²) < 4.78 is 35.9. The van der Waals surface area contributed by atoms with E-state index in [-0.39, 0.29) is 34.6 Å². The maximum absolute atomic E-state index is 13.7. The van der Waals surface area contributed by atoms with Gasteiger partial charge in [0.2, 0.25) is 10.0 Å². The number of carbonyl (C=O) groups excluding carboxylic acids is 2. The van der Waals surface area contributed by atoms with E-state index in [1.807, 2.05) is 30.3 Å². The van der Waals surface area contributed by atoms with Crippen LogP contribution in [0.4, 0.5) is 15.3 Å². The third-order valence-corrected chi connectivity index (χ3v) is 12.5. The standard InChI is InChI=1S/C35H46N6O5S2/c1-34(2,3)40-48(44,45)29-19-26(38-32(42)37-21-23-9-6-5-7-10-23)15-16-27(29)28-22-36-31(47-28)24-11-13-25(14-12-24)39-33(43)46-30-20-35(30)17-8-18-41(35)4/h5-7,9-10,15-16,19,22,24-25,30,40H,8,11-14,17-18,20-21H2,1-4H3,(H,39,43)(H2,37,38,42). The molecular formula is C35H46N6O5S2. The van der Waals surface area contributed by atoms with Crippen LogP contribution in [0.2, 0.25) is 0 Å². The van der Waals surface area contributed by atoms with Gasteiger partial charge < -0.3 is 20.7 Å². The molecule has 2 aliphatic carbocycles. The number of sulfonamides is 1.